The molecule has 110 valence electrons. The van der Waals surface area contributed by atoms with E-state index in [1.54, 1.807) is 6.92 Å². The number of ether oxygens (including phenoxy) is 2. The van der Waals surface area contributed by atoms with E-state index < -0.39 is 11.4 Å². The van der Waals surface area contributed by atoms with Crippen molar-refractivity contribution in [2.24, 2.45) is 0 Å². The second kappa shape index (κ2) is 7.08. The Labute approximate surface area is 120 Å². The van der Waals surface area contributed by atoms with Gasteiger partial charge in [-0.3, -0.25) is 9.59 Å². The monoisotopic (exact) mass is 278 g/mol. The van der Waals surface area contributed by atoms with Crippen LogP contribution in [0.5, 0.6) is 0 Å². The van der Waals surface area contributed by atoms with Gasteiger partial charge in [-0.2, -0.15) is 0 Å². The number of hydrogen-bond donors (Lipinski definition) is 0. The van der Waals surface area contributed by atoms with Crippen molar-refractivity contribution in [2.45, 2.75) is 39.0 Å². The standard InChI is InChI=1S/C16H22O4/c1-5-10-20-14(17)11-16(3,15(18)19-4)13-8-6-12(2)7-9-13/h6-9H,5,10-11H2,1-4H3/t16-/m0/s1. The molecule has 0 radical (unpaired) electrons. The third-order valence-electron chi connectivity index (χ3n) is 3.29. The number of hydrogen-bond acceptors (Lipinski definition) is 4. The molecule has 0 saturated carbocycles. The summed E-state index contributed by atoms with van der Waals surface area (Å²) in [7, 11) is 1.33. The van der Waals surface area contributed by atoms with Gasteiger partial charge >= 0.3 is 11.9 Å². The van der Waals surface area contributed by atoms with Crippen LogP contribution in [0.2, 0.25) is 0 Å². The molecule has 0 bridgehead atoms. The number of benzene rings is 1. The number of carbonyl (C=O) groups excluding carboxylic acids is 2. The van der Waals surface area contributed by atoms with Crippen LogP contribution >= 0.6 is 0 Å². The molecule has 1 rings (SSSR count). The molecule has 4 heteroatoms. The maximum Gasteiger partial charge on any atom is 0.316 e. The highest BCUT2D eigenvalue weighted by atomic mass is 16.5. The topological polar surface area (TPSA) is 52.6 Å². The van der Waals surface area contributed by atoms with E-state index in [1.807, 2.05) is 38.1 Å². The Morgan fingerprint density at radius 1 is 1.20 bits per heavy atom. The summed E-state index contributed by atoms with van der Waals surface area (Å²) >= 11 is 0. The number of aryl methyl sites for hydroxylation is 1. The van der Waals surface area contributed by atoms with Gasteiger partial charge in [0.25, 0.3) is 0 Å². The minimum Gasteiger partial charge on any atom is -0.468 e. The van der Waals surface area contributed by atoms with Crippen molar-refractivity contribution in [3.05, 3.63) is 35.4 Å². The zero-order valence-electron chi connectivity index (χ0n) is 12.6. The number of rotatable bonds is 6. The van der Waals surface area contributed by atoms with Crippen LogP contribution in [0.25, 0.3) is 0 Å². The Morgan fingerprint density at radius 2 is 1.80 bits per heavy atom. The quantitative estimate of drug-likeness (QED) is 0.751. The maximum atomic E-state index is 12.1. The summed E-state index contributed by atoms with van der Waals surface area (Å²) in [4.78, 5) is 23.9. The van der Waals surface area contributed by atoms with Gasteiger partial charge in [0.1, 0.15) is 5.41 Å². The van der Waals surface area contributed by atoms with Crippen LogP contribution in [0.4, 0.5) is 0 Å². The van der Waals surface area contributed by atoms with Crippen molar-refractivity contribution in [2.75, 3.05) is 13.7 Å². The fourth-order valence-electron chi connectivity index (χ4n) is 1.99. The lowest BCUT2D eigenvalue weighted by molar-refractivity contribution is -0.154. The van der Waals surface area contributed by atoms with E-state index >= 15 is 0 Å². The zero-order valence-corrected chi connectivity index (χ0v) is 12.6. The molecule has 0 saturated heterocycles. The van der Waals surface area contributed by atoms with Crippen molar-refractivity contribution >= 4 is 11.9 Å². The van der Waals surface area contributed by atoms with Crippen molar-refractivity contribution in [1.29, 1.82) is 0 Å². The van der Waals surface area contributed by atoms with Gasteiger partial charge in [-0.15, -0.1) is 0 Å². The lowest BCUT2D eigenvalue weighted by Crippen LogP contribution is -2.36. The molecule has 1 aromatic carbocycles. The summed E-state index contributed by atoms with van der Waals surface area (Å²) in [6, 6.07) is 7.51. The molecule has 0 fully saturated rings. The van der Waals surface area contributed by atoms with Crippen molar-refractivity contribution < 1.29 is 19.1 Å². The van der Waals surface area contributed by atoms with Gasteiger partial charge in [0.2, 0.25) is 0 Å². The first-order valence-corrected chi connectivity index (χ1v) is 6.75. The predicted octanol–water partition coefficient (Wildman–Crippen LogP) is 2.77. The van der Waals surface area contributed by atoms with Gasteiger partial charge < -0.3 is 9.47 Å². The van der Waals surface area contributed by atoms with Crippen LogP contribution < -0.4 is 0 Å². The molecule has 1 aromatic rings. The Bertz CT molecular complexity index is 464. The Balaban J connectivity index is 3.00. The molecule has 0 unspecified atom stereocenters. The molecule has 0 aliphatic rings. The van der Waals surface area contributed by atoms with Crippen LogP contribution in [0.15, 0.2) is 24.3 Å². The maximum absolute atomic E-state index is 12.1. The summed E-state index contributed by atoms with van der Waals surface area (Å²) < 4.78 is 9.94. The van der Waals surface area contributed by atoms with Crippen LogP contribution in [-0.4, -0.2) is 25.7 Å². The smallest absolute Gasteiger partial charge is 0.316 e. The second-order valence-corrected chi connectivity index (χ2v) is 5.09. The van der Waals surface area contributed by atoms with Crippen molar-refractivity contribution in [1.82, 2.24) is 0 Å². The molecule has 0 heterocycles. The molecule has 0 aliphatic heterocycles. The van der Waals surface area contributed by atoms with Crippen LogP contribution in [0.3, 0.4) is 0 Å². The molecule has 0 spiro atoms. The molecule has 20 heavy (non-hydrogen) atoms. The first kappa shape index (κ1) is 16.2. The number of esters is 2. The van der Waals surface area contributed by atoms with Gasteiger partial charge in [-0.25, -0.2) is 0 Å². The molecule has 0 aliphatic carbocycles. The third kappa shape index (κ3) is 3.83. The fourth-order valence-corrected chi connectivity index (χ4v) is 1.99. The molecule has 1 atom stereocenters. The normalized spacial score (nSPS) is 13.4. The molecule has 0 amide bonds. The molecular weight excluding hydrogens is 256 g/mol. The van der Waals surface area contributed by atoms with Crippen LogP contribution in [0, 0.1) is 6.92 Å². The summed E-state index contributed by atoms with van der Waals surface area (Å²) in [6.45, 7) is 5.96. The van der Waals surface area contributed by atoms with E-state index in [0.717, 1.165) is 17.5 Å². The highest BCUT2D eigenvalue weighted by Gasteiger charge is 2.39. The predicted molar refractivity (Wildman–Crippen MR) is 76.4 cm³/mol. The Morgan fingerprint density at radius 3 is 2.30 bits per heavy atom. The Hall–Kier alpha value is -1.84. The minimum atomic E-state index is -1.02. The lowest BCUT2D eigenvalue weighted by Gasteiger charge is -2.26. The lowest BCUT2D eigenvalue weighted by atomic mass is 9.79. The average molecular weight is 278 g/mol. The van der Waals surface area contributed by atoms with Gasteiger partial charge in [-0.1, -0.05) is 36.8 Å². The number of carbonyl (C=O) groups is 2. The highest BCUT2D eigenvalue weighted by Crippen LogP contribution is 2.30. The van der Waals surface area contributed by atoms with E-state index in [1.165, 1.54) is 7.11 Å². The Kier molecular flexibility index (Phi) is 5.74. The average Bonchev–Trinajstić information content (AvgIpc) is 2.44. The van der Waals surface area contributed by atoms with Gasteiger partial charge in [-0.05, 0) is 25.8 Å². The molecular formula is C16H22O4. The summed E-state index contributed by atoms with van der Waals surface area (Å²) in [5, 5.41) is 0. The van der Waals surface area contributed by atoms with Crippen LogP contribution in [0.1, 0.15) is 37.8 Å². The second-order valence-electron chi connectivity index (χ2n) is 5.09. The SMILES string of the molecule is CCCOC(=O)C[C@](C)(C(=O)OC)c1ccc(C)cc1. The van der Waals surface area contributed by atoms with E-state index in [0.29, 0.717) is 6.61 Å². The van der Waals surface area contributed by atoms with Crippen LogP contribution in [-0.2, 0) is 24.5 Å². The van der Waals surface area contributed by atoms with Gasteiger partial charge in [0, 0.05) is 0 Å². The van der Waals surface area contributed by atoms with E-state index in [9.17, 15) is 9.59 Å². The van der Waals surface area contributed by atoms with Gasteiger partial charge in [0.15, 0.2) is 0 Å². The minimum absolute atomic E-state index is 0.0251. The van der Waals surface area contributed by atoms with Crippen molar-refractivity contribution in [3.8, 4) is 0 Å². The first-order chi connectivity index (χ1) is 9.43. The largest absolute Gasteiger partial charge is 0.468 e. The first-order valence-electron chi connectivity index (χ1n) is 6.75. The van der Waals surface area contributed by atoms with E-state index in [-0.39, 0.29) is 12.4 Å². The molecule has 0 N–H and O–H groups in total. The zero-order chi connectivity index (χ0) is 15.2. The highest BCUT2D eigenvalue weighted by molar-refractivity contribution is 5.88. The van der Waals surface area contributed by atoms with E-state index in [4.69, 9.17) is 9.47 Å². The summed E-state index contributed by atoms with van der Waals surface area (Å²) in [5.41, 5.74) is 0.825. The molecule has 4 nitrogen and oxygen atoms in total. The summed E-state index contributed by atoms with van der Waals surface area (Å²) in [6.07, 6.45) is 0.730. The third-order valence-corrected chi connectivity index (χ3v) is 3.29. The van der Waals surface area contributed by atoms with E-state index in [2.05, 4.69) is 0 Å². The fraction of sp³-hybridized carbons (Fsp3) is 0.500. The van der Waals surface area contributed by atoms with Gasteiger partial charge in [0.05, 0.1) is 20.1 Å². The summed E-state index contributed by atoms with van der Waals surface area (Å²) in [5.74, 6) is -0.824. The molecule has 0 aromatic heterocycles. The van der Waals surface area contributed by atoms with Crippen molar-refractivity contribution in [3.63, 3.8) is 0 Å². The number of methoxy groups -OCH3 is 1.